The topological polar surface area (TPSA) is 83.5 Å². The molecule has 6 heteroatoms. The van der Waals surface area contributed by atoms with Crippen molar-refractivity contribution in [3.8, 4) is 0 Å². The van der Waals surface area contributed by atoms with E-state index in [9.17, 15) is 13.2 Å². The summed E-state index contributed by atoms with van der Waals surface area (Å²) < 4.78 is 26.7. The van der Waals surface area contributed by atoms with Crippen LogP contribution in [-0.2, 0) is 10.0 Å². The Morgan fingerprint density at radius 2 is 1.89 bits per heavy atom. The minimum Gasteiger partial charge on any atom is -0.478 e. The van der Waals surface area contributed by atoms with Crippen LogP contribution >= 0.6 is 0 Å². The molecule has 1 aromatic rings. The molecule has 0 bridgehead atoms. The van der Waals surface area contributed by atoms with Gasteiger partial charge in [0.2, 0.25) is 10.0 Å². The van der Waals surface area contributed by atoms with Crippen LogP contribution in [-0.4, -0.2) is 26.0 Å². The number of rotatable bonds is 6. The van der Waals surface area contributed by atoms with Crippen LogP contribution in [0.4, 0.5) is 0 Å². The van der Waals surface area contributed by atoms with Gasteiger partial charge in [0.1, 0.15) is 0 Å². The lowest BCUT2D eigenvalue weighted by atomic mass is 10.1. The Hall–Kier alpha value is -1.40. The average molecular weight is 283 g/mol. The predicted molar refractivity (Wildman–Crippen MR) is 70.5 cm³/mol. The molecule has 0 radical (unpaired) electrons. The molecule has 0 saturated heterocycles. The SMILES string of the molecule is CCC1(CNS(=O)(=O)c2ccc(C(=O)O)cc2)CC1. The Morgan fingerprint density at radius 1 is 1.32 bits per heavy atom. The first-order valence-electron chi connectivity index (χ1n) is 6.22. The van der Waals surface area contributed by atoms with Gasteiger partial charge >= 0.3 is 5.97 Å². The standard InChI is InChI=1S/C13H17NO4S/c1-2-13(7-8-13)9-14-19(17,18)11-5-3-10(4-6-11)12(15)16/h3-6,14H,2,7-9H2,1H3,(H,15,16). The van der Waals surface area contributed by atoms with Crippen LogP contribution in [0.5, 0.6) is 0 Å². The molecule has 1 fully saturated rings. The summed E-state index contributed by atoms with van der Waals surface area (Å²) in [5.74, 6) is -1.07. The first-order chi connectivity index (χ1) is 8.88. The van der Waals surface area contributed by atoms with Crippen LogP contribution in [0, 0.1) is 5.41 Å². The molecule has 0 spiro atoms. The maximum absolute atomic E-state index is 12.0. The lowest BCUT2D eigenvalue weighted by molar-refractivity contribution is 0.0696. The number of hydrogen-bond acceptors (Lipinski definition) is 3. The van der Waals surface area contributed by atoms with Gasteiger partial charge in [-0.25, -0.2) is 17.9 Å². The molecule has 0 aromatic heterocycles. The number of carbonyl (C=O) groups is 1. The van der Waals surface area contributed by atoms with E-state index in [4.69, 9.17) is 5.11 Å². The maximum Gasteiger partial charge on any atom is 0.335 e. The van der Waals surface area contributed by atoms with E-state index in [0.717, 1.165) is 19.3 Å². The van der Waals surface area contributed by atoms with Crippen molar-refractivity contribution in [2.75, 3.05) is 6.54 Å². The zero-order chi connectivity index (χ0) is 14.1. The smallest absolute Gasteiger partial charge is 0.335 e. The van der Waals surface area contributed by atoms with E-state index in [1.807, 2.05) is 0 Å². The molecular formula is C13H17NO4S. The van der Waals surface area contributed by atoms with Crippen LogP contribution in [0.1, 0.15) is 36.5 Å². The first-order valence-corrected chi connectivity index (χ1v) is 7.70. The Morgan fingerprint density at radius 3 is 2.32 bits per heavy atom. The van der Waals surface area contributed by atoms with Crippen LogP contribution in [0.15, 0.2) is 29.2 Å². The number of nitrogens with one attached hydrogen (secondary N) is 1. The summed E-state index contributed by atoms with van der Waals surface area (Å²) in [4.78, 5) is 10.8. The average Bonchev–Trinajstić information content (AvgIpc) is 3.17. The van der Waals surface area contributed by atoms with Crippen molar-refractivity contribution in [3.05, 3.63) is 29.8 Å². The van der Waals surface area contributed by atoms with Crippen LogP contribution in [0.2, 0.25) is 0 Å². The molecule has 1 aliphatic rings. The highest BCUT2D eigenvalue weighted by Gasteiger charge is 2.41. The molecule has 0 unspecified atom stereocenters. The lowest BCUT2D eigenvalue weighted by Crippen LogP contribution is -2.30. The molecule has 1 saturated carbocycles. The molecule has 19 heavy (non-hydrogen) atoms. The van der Waals surface area contributed by atoms with Gasteiger partial charge in [-0.3, -0.25) is 0 Å². The zero-order valence-corrected chi connectivity index (χ0v) is 11.5. The van der Waals surface area contributed by atoms with Crippen molar-refractivity contribution in [2.45, 2.75) is 31.1 Å². The number of aromatic carboxylic acids is 1. The van der Waals surface area contributed by atoms with E-state index in [2.05, 4.69) is 11.6 Å². The fourth-order valence-electron chi connectivity index (χ4n) is 1.94. The second-order valence-electron chi connectivity index (χ2n) is 5.01. The summed E-state index contributed by atoms with van der Waals surface area (Å²) in [6, 6.07) is 5.22. The van der Waals surface area contributed by atoms with Crippen LogP contribution in [0.3, 0.4) is 0 Å². The number of sulfonamides is 1. The fourth-order valence-corrected chi connectivity index (χ4v) is 3.10. The van der Waals surface area contributed by atoms with Gasteiger partial charge in [-0.15, -0.1) is 0 Å². The summed E-state index contributed by atoms with van der Waals surface area (Å²) in [5.41, 5.74) is 0.208. The van der Waals surface area contributed by atoms with Gasteiger partial charge in [0.05, 0.1) is 10.5 Å². The zero-order valence-electron chi connectivity index (χ0n) is 10.7. The number of carboxylic acid groups (broad SMARTS) is 1. The molecule has 5 nitrogen and oxygen atoms in total. The second-order valence-corrected chi connectivity index (χ2v) is 6.77. The van der Waals surface area contributed by atoms with Gasteiger partial charge in [0.25, 0.3) is 0 Å². The van der Waals surface area contributed by atoms with E-state index in [1.165, 1.54) is 24.3 Å². The van der Waals surface area contributed by atoms with E-state index in [0.29, 0.717) is 6.54 Å². The van der Waals surface area contributed by atoms with Gasteiger partial charge < -0.3 is 5.11 Å². The van der Waals surface area contributed by atoms with Crippen molar-refractivity contribution >= 4 is 16.0 Å². The largest absolute Gasteiger partial charge is 0.478 e. The van der Waals surface area contributed by atoms with Gasteiger partial charge in [-0.05, 0) is 48.9 Å². The minimum absolute atomic E-state index is 0.0752. The van der Waals surface area contributed by atoms with Gasteiger partial charge in [-0.1, -0.05) is 6.92 Å². The molecule has 0 aliphatic heterocycles. The summed E-state index contributed by atoms with van der Waals surface area (Å²) in [7, 11) is -3.55. The summed E-state index contributed by atoms with van der Waals surface area (Å²) in [6.07, 6.45) is 3.08. The highest BCUT2D eigenvalue weighted by molar-refractivity contribution is 7.89. The van der Waals surface area contributed by atoms with E-state index < -0.39 is 16.0 Å². The van der Waals surface area contributed by atoms with E-state index in [1.54, 1.807) is 0 Å². The van der Waals surface area contributed by atoms with Crippen LogP contribution in [0.25, 0.3) is 0 Å². The second kappa shape index (κ2) is 4.94. The van der Waals surface area contributed by atoms with E-state index in [-0.39, 0.29) is 15.9 Å². The third kappa shape index (κ3) is 3.13. The monoisotopic (exact) mass is 283 g/mol. The predicted octanol–water partition coefficient (Wildman–Crippen LogP) is 1.85. The molecule has 0 atom stereocenters. The summed E-state index contributed by atoms with van der Waals surface area (Å²) >= 11 is 0. The first kappa shape index (κ1) is 14.0. The van der Waals surface area contributed by atoms with Crippen molar-refractivity contribution < 1.29 is 18.3 Å². The van der Waals surface area contributed by atoms with E-state index >= 15 is 0 Å². The maximum atomic E-state index is 12.0. The molecular weight excluding hydrogens is 266 g/mol. The van der Waals surface area contributed by atoms with Crippen molar-refractivity contribution in [1.29, 1.82) is 0 Å². The third-order valence-electron chi connectivity index (χ3n) is 3.76. The Labute approximate surface area is 112 Å². The highest BCUT2D eigenvalue weighted by Crippen LogP contribution is 2.48. The van der Waals surface area contributed by atoms with Gasteiger partial charge in [0, 0.05) is 6.54 Å². The number of hydrogen-bond donors (Lipinski definition) is 2. The Balaban J connectivity index is 2.08. The highest BCUT2D eigenvalue weighted by atomic mass is 32.2. The van der Waals surface area contributed by atoms with Crippen molar-refractivity contribution in [2.24, 2.45) is 5.41 Å². The molecule has 2 N–H and O–H groups in total. The third-order valence-corrected chi connectivity index (χ3v) is 5.17. The lowest BCUT2D eigenvalue weighted by Gasteiger charge is -2.13. The molecule has 0 heterocycles. The Bertz CT molecular complexity index is 573. The minimum atomic E-state index is -3.55. The summed E-state index contributed by atoms with van der Waals surface area (Å²) in [5, 5.41) is 8.76. The van der Waals surface area contributed by atoms with Gasteiger partial charge in [-0.2, -0.15) is 0 Å². The number of carboxylic acids is 1. The molecule has 104 valence electrons. The fraction of sp³-hybridized carbons (Fsp3) is 0.462. The normalized spacial score (nSPS) is 17.1. The molecule has 1 aromatic carbocycles. The molecule has 0 amide bonds. The molecule has 1 aliphatic carbocycles. The van der Waals surface area contributed by atoms with Crippen LogP contribution < -0.4 is 4.72 Å². The van der Waals surface area contributed by atoms with Gasteiger partial charge in [0.15, 0.2) is 0 Å². The van der Waals surface area contributed by atoms with Crippen molar-refractivity contribution in [1.82, 2.24) is 4.72 Å². The van der Waals surface area contributed by atoms with Crippen molar-refractivity contribution in [3.63, 3.8) is 0 Å². The molecule has 2 rings (SSSR count). The Kier molecular flexibility index (Phi) is 3.64. The number of benzene rings is 1. The quantitative estimate of drug-likeness (QED) is 0.834. The summed E-state index contributed by atoms with van der Waals surface area (Å²) in [6.45, 7) is 2.51.